The summed E-state index contributed by atoms with van der Waals surface area (Å²) in [4.78, 5) is 83.9. The number of aliphatic carboxylic acids is 2. The van der Waals surface area contributed by atoms with E-state index in [-0.39, 0.29) is 44.3 Å². The molecule has 0 aliphatic rings. The van der Waals surface area contributed by atoms with Gasteiger partial charge in [-0.05, 0) is 37.5 Å². The number of carboxylic acids is 2. The van der Waals surface area contributed by atoms with Crippen LogP contribution in [0.1, 0.15) is 72.6 Å². The topological polar surface area (TPSA) is 346 Å². The molecule has 0 unspecified atom stereocenters. The Labute approximate surface area is 274 Å². The van der Waals surface area contributed by atoms with Crippen LogP contribution >= 0.6 is 0 Å². The fraction of sp³-hybridized carbons (Fsp3) is 0.714. The lowest BCUT2D eigenvalue weighted by Gasteiger charge is -2.28. The van der Waals surface area contributed by atoms with Crippen LogP contribution in [0.3, 0.4) is 0 Å². The highest BCUT2D eigenvalue weighted by atomic mass is 16.4. The Kier molecular flexibility index (Phi) is 19.8. The van der Waals surface area contributed by atoms with Crippen molar-refractivity contribution in [3.8, 4) is 0 Å². The van der Waals surface area contributed by atoms with Crippen molar-refractivity contribution < 1.29 is 39.0 Å². The first-order valence-corrected chi connectivity index (χ1v) is 15.5. The normalized spacial score (nSPS) is 15.3. The number of nitrogens with two attached hydrogens (primary N) is 5. The van der Waals surface area contributed by atoms with Crippen molar-refractivity contribution in [2.24, 2.45) is 50.5 Å². The highest BCUT2D eigenvalue weighted by molar-refractivity contribution is 5.97. The number of nitrogens with zero attached hydrogens (tertiary/aromatic N) is 2. The van der Waals surface area contributed by atoms with Crippen LogP contribution in [0.25, 0.3) is 0 Å². The lowest BCUT2D eigenvalue weighted by molar-refractivity contribution is -0.144. The first-order valence-electron chi connectivity index (χ1n) is 15.5. The van der Waals surface area contributed by atoms with Crippen LogP contribution in [-0.2, 0) is 28.8 Å². The SMILES string of the molecule is CC[C@H](C)[C@H](NC(=O)[C@H](CCCN=C(N)N)NC(=O)[C@H](CC(=O)O)NC(=O)[C@@H](NC(=O)[C@@H](N)CCCN=C(N)N)[C@@H](C)CC)C(=O)O. The standard InChI is InChI=1S/C28H53N11O8/c1-5-14(3)20(38-22(42)16(29)9-7-11-34-27(30)31)25(45)37-18(13-19(40)41)24(44)36-17(10-8-12-35-28(32)33)23(43)39-21(26(46)47)15(4)6-2/h14-18,20-21H,5-13,29H2,1-4H3,(H,36,44)(H,37,45)(H,38,42)(H,39,43)(H,40,41)(H,46,47)(H4,30,31,34)(H4,32,33,35)/t14-,15-,16-,17-,18-,20-,21-/m0/s1. The predicted octanol–water partition coefficient (Wildman–Crippen LogP) is -2.99. The zero-order valence-electron chi connectivity index (χ0n) is 27.5. The van der Waals surface area contributed by atoms with Gasteiger partial charge in [-0.2, -0.15) is 0 Å². The van der Waals surface area contributed by atoms with Gasteiger partial charge in [0.1, 0.15) is 24.2 Å². The molecule has 268 valence electrons. The first kappa shape index (κ1) is 42.3. The maximum Gasteiger partial charge on any atom is 0.326 e. The van der Waals surface area contributed by atoms with E-state index in [1.807, 2.05) is 0 Å². The third kappa shape index (κ3) is 17.0. The van der Waals surface area contributed by atoms with E-state index in [1.165, 1.54) is 0 Å². The summed E-state index contributed by atoms with van der Waals surface area (Å²) in [6, 6.07) is -6.47. The van der Waals surface area contributed by atoms with Crippen molar-refractivity contribution in [3.63, 3.8) is 0 Å². The molecular formula is C28H53N11O8. The Morgan fingerprint density at radius 1 is 0.638 bits per heavy atom. The van der Waals surface area contributed by atoms with E-state index in [1.54, 1.807) is 27.7 Å². The summed E-state index contributed by atoms with van der Waals surface area (Å²) in [5.41, 5.74) is 27.2. The molecule has 4 amide bonds. The number of hydrogen-bond acceptors (Lipinski definition) is 9. The second-order valence-corrected chi connectivity index (χ2v) is 11.3. The van der Waals surface area contributed by atoms with Gasteiger partial charge in [-0.3, -0.25) is 34.0 Å². The molecule has 0 aromatic rings. The van der Waals surface area contributed by atoms with Gasteiger partial charge in [0.15, 0.2) is 11.9 Å². The van der Waals surface area contributed by atoms with Gasteiger partial charge in [0.25, 0.3) is 0 Å². The molecule has 0 aromatic carbocycles. The molecule has 0 heterocycles. The average Bonchev–Trinajstić information content (AvgIpc) is 2.99. The van der Waals surface area contributed by atoms with Gasteiger partial charge >= 0.3 is 11.9 Å². The van der Waals surface area contributed by atoms with Crippen LogP contribution in [0.2, 0.25) is 0 Å². The Morgan fingerprint density at radius 2 is 1.09 bits per heavy atom. The minimum atomic E-state index is -1.67. The molecule has 19 nitrogen and oxygen atoms in total. The van der Waals surface area contributed by atoms with Gasteiger partial charge in [-0.1, -0.05) is 40.5 Å². The molecule has 0 aliphatic carbocycles. The Balaban J connectivity index is 6.00. The number of rotatable bonds is 23. The molecule has 0 bridgehead atoms. The number of hydrogen-bond donors (Lipinski definition) is 11. The Morgan fingerprint density at radius 3 is 1.55 bits per heavy atom. The van der Waals surface area contributed by atoms with E-state index < -0.39 is 84.0 Å². The molecule has 0 spiro atoms. The molecule has 0 radical (unpaired) electrons. The molecule has 0 fully saturated rings. The molecule has 0 saturated heterocycles. The number of carboxylic acid groups (broad SMARTS) is 2. The van der Waals surface area contributed by atoms with Gasteiger partial charge in [0, 0.05) is 13.1 Å². The Hall–Kier alpha value is -4.68. The molecule has 0 saturated carbocycles. The summed E-state index contributed by atoms with van der Waals surface area (Å²) in [6.07, 6.45) is 0.709. The summed E-state index contributed by atoms with van der Waals surface area (Å²) >= 11 is 0. The summed E-state index contributed by atoms with van der Waals surface area (Å²) in [6.45, 7) is 7.15. The molecule has 0 rings (SSSR count). The van der Waals surface area contributed by atoms with Crippen LogP contribution in [0, 0.1) is 11.8 Å². The van der Waals surface area contributed by atoms with Gasteiger partial charge in [-0.15, -0.1) is 0 Å². The van der Waals surface area contributed by atoms with Crippen molar-refractivity contribution in [1.82, 2.24) is 21.3 Å². The highest BCUT2D eigenvalue weighted by Crippen LogP contribution is 2.12. The number of carbonyl (C=O) groups is 6. The molecule has 16 N–H and O–H groups in total. The molecular weight excluding hydrogens is 618 g/mol. The molecule has 0 aromatic heterocycles. The van der Waals surface area contributed by atoms with E-state index in [0.717, 1.165) is 0 Å². The van der Waals surface area contributed by atoms with Crippen LogP contribution in [0.5, 0.6) is 0 Å². The van der Waals surface area contributed by atoms with Gasteiger partial charge < -0.3 is 60.1 Å². The van der Waals surface area contributed by atoms with Crippen LogP contribution in [0.15, 0.2) is 9.98 Å². The van der Waals surface area contributed by atoms with E-state index >= 15 is 0 Å². The fourth-order valence-electron chi connectivity index (χ4n) is 4.24. The Bertz CT molecular complexity index is 1130. The molecule has 0 aliphatic heterocycles. The van der Waals surface area contributed by atoms with Crippen molar-refractivity contribution in [2.75, 3.05) is 13.1 Å². The maximum atomic E-state index is 13.4. The number of guanidine groups is 2. The lowest BCUT2D eigenvalue weighted by Crippen LogP contribution is -2.60. The van der Waals surface area contributed by atoms with E-state index in [2.05, 4.69) is 31.3 Å². The van der Waals surface area contributed by atoms with Gasteiger partial charge in [-0.25, -0.2) is 4.79 Å². The van der Waals surface area contributed by atoms with Crippen molar-refractivity contribution in [3.05, 3.63) is 0 Å². The van der Waals surface area contributed by atoms with Crippen LogP contribution in [0.4, 0.5) is 0 Å². The average molecular weight is 672 g/mol. The van der Waals surface area contributed by atoms with Crippen molar-refractivity contribution >= 4 is 47.5 Å². The number of aliphatic imine (C=N–C) groups is 2. The summed E-state index contributed by atoms with van der Waals surface area (Å²) in [5.74, 6) is -7.29. The summed E-state index contributed by atoms with van der Waals surface area (Å²) in [5, 5.41) is 28.9. The second kappa shape index (κ2) is 22.0. The first-order chi connectivity index (χ1) is 21.9. The van der Waals surface area contributed by atoms with Crippen molar-refractivity contribution in [2.45, 2.75) is 103 Å². The minimum Gasteiger partial charge on any atom is -0.481 e. The number of amides is 4. The van der Waals surface area contributed by atoms with E-state index in [9.17, 15) is 39.0 Å². The third-order valence-corrected chi connectivity index (χ3v) is 7.46. The largest absolute Gasteiger partial charge is 0.481 e. The van der Waals surface area contributed by atoms with Gasteiger partial charge in [0.2, 0.25) is 23.6 Å². The zero-order chi connectivity index (χ0) is 36.3. The monoisotopic (exact) mass is 671 g/mol. The van der Waals surface area contributed by atoms with Crippen LogP contribution < -0.4 is 49.9 Å². The minimum absolute atomic E-state index is 0.0540. The number of nitrogens with one attached hydrogen (secondary N) is 4. The molecule has 47 heavy (non-hydrogen) atoms. The van der Waals surface area contributed by atoms with E-state index in [4.69, 9.17) is 28.7 Å². The fourth-order valence-corrected chi connectivity index (χ4v) is 4.24. The summed E-state index contributed by atoms with van der Waals surface area (Å²) < 4.78 is 0. The predicted molar refractivity (Wildman–Crippen MR) is 174 cm³/mol. The number of carbonyl (C=O) groups excluding carboxylic acids is 4. The second-order valence-electron chi connectivity index (χ2n) is 11.3. The van der Waals surface area contributed by atoms with E-state index in [0.29, 0.717) is 19.3 Å². The lowest BCUT2D eigenvalue weighted by atomic mass is 9.97. The third-order valence-electron chi connectivity index (χ3n) is 7.46. The van der Waals surface area contributed by atoms with Crippen molar-refractivity contribution in [1.29, 1.82) is 0 Å². The zero-order valence-corrected chi connectivity index (χ0v) is 27.5. The van der Waals surface area contributed by atoms with Gasteiger partial charge in [0.05, 0.1) is 12.5 Å². The molecule has 7 atom stereocenters. The highest BCUT2D eigenvalue weighted by Gasteiger charge is 2.34. The maximum absolute atomic E-state index is 13.4. The molecule has 19 heteroatoms. The smallest absolute Gasteiger partial charge is 0.326 e. The summed E-state index contributed by atoms with van der Waals surface area (Å²) in [7, 11) is 0. The van der Waals surface area contributed by atoms with Crippen LogP contribution in [-0.4, -0.2) is 101 Å². The quantitative estimate of drug-likeness (QED) is 0.0294.